The highest BCUT2D eigenvalue weighted by molar-refractivity contribution is 7.15. The number of carbonyl (C=O) groups excluding carboxylic acids is 1. The lowest BCUT2D eigenvalue weighted by Gasteiger charge is -2.08. The van der Waals surface area contributed by atoms with Gasteiger partial charge in [0.15, 0.2) is 11.6 Å². The SMILES string of the molecule is Cc1cc(OCC(=O)OCc2cc(=O)n3ccsc3n2)ccc1Cl. The molecular formula is C16H13ClN2O4S. The van der Waals surface area contributed by atoms with Gasteiger partial charge >= 0.3 is 5.97 Å². The average Bonchev–Trinajstić information content (AvgIpc) is 3.03. The molecule has 0 spiro atoms. The van der Waals surface area contributed by atoms with Crippen molar-refractivity contribution in [2.24, 2.45) is 0 Å². The van der Waals surface area contributed by atoms with Gasteiger partial charge < -0.3 is 9.47 Å². The van der Waals surface area contributed by atoms with Gasteiger partial charge in [-0.15, -0.1) is 11.3 Å². The van der Waals surface area contributed by atoms with Crippen molar-refractivity contribution in [1.82, 2.24) is 9.38 Å². The maximum atomic E-state index is 11.8. The second kappa shape index (κ2) is 7.02. The molecule has 0 saturated heterocycles. The lowest BCUT2D eigenvalue weighted by Crippen LogP contribution is -2.17. The number of aryl methyl sites for hydroxylation is 1. The lowest BCUT2D eigenvalue weighted by molar-refractivity contribution is -0.147. The van der Waals surface area contributed by atoms with Gasteiger partial charge in [0.05, 0.1) is 5.69 Å². The zero-order valence-corrected chi connectivity index (χ0v) is 14.3. The average molecular weight is 365 g/mol. The van der Waals surface area contributed by atoms with Crippen molar-refractivity contribution in [3.63, 3.8) is 0 Å². The van der Waals surface area contributed by atoms with Gasteiger partial charge in [0.2, 0.25) is 0 Å². The molecular weight excluding hydrogens is 352 g/mol. The summed E-state index contributed by atoms with van der Waals surface area (Å²) in [7, 11) is 0. The standard InChI is InChI=1S/C16H13ClN2O4S/c1-10-6-12(2-3-13(10)17)22-9-15(21)23-8-11-7-14(20)19-4-5-24-16(19)18-11/h2-7H,8-9H2,1H3. The van der Waals surface area contributed by atoms with E-state index >= 15 is 0 Å². The maximum Gasteiger partial charge on any atom is 0.344 e. The quantitative estimate of drug-likeness (QED) is 0.651. The van der Waals surface area contributed by atoms with Crippen molar-refractivity contribution in [1.29, 1.82) is 0 Å². The first-order chi connectivity index (χ1) is 11.5. The van der Waals surface area contributed by atoms with E-state index in [2.05, 4.69) is 4.98 Å². The Morgan fingerprint density at radius 2 is 2.21 bits per heavy atom. The van der Waals surface area contributed by atoms with Gasteiger partial charge in [-0.25, -0.2) is 9.78 Å². The summed E-state index contributed by atoms with van der Waals surface area (Å²) in [6, 6.07) is 6.46. The number of esters is 1. The van der Waals surface area contributed by atoms with E-state index in [0.29, 0.717) is 21.4 Å². The Morgan fingerprint density at radius 1 is 1.38 bits per heavy atom. The summed E-state index contributed by atoms with van der Waals surface area (Å²) in [4.78, 5) is 28.4. The van der Waals surface area contributed by atoms with Gasteiger partial charge in [0.1, 0.15) is 12.4 Å². The zero-order chi connectivity index (χ0) is 17.1. The number of nitrogens with zero attached hydrogens (tertiary/aromatic N) is 2. The first-order valence-electron chi connectivity index (χ1n) is 7.03. The summed E-state index contributed by atoms with van der Waals surface area (Å²) in [5, 5.41) is 2.40. The van der Waals surface area contributed by atoms with Crippen LogP contribution in [0.15, 0.2) is 40.6 Å². The molecule has 1 aromatic carbocycles. The molecule has 0 aliphatic heterocycles. The van der Waals surface area contributed by atoms with Gasteiger partial charge in [0.25, 0.3) is 5.56 Å². The Hall–Kier alpha value is -2.38. The Balaban J connectivity index is 1.56. The molecule has 0 amide bonds. The number of ether oxygens (including phenoxy) is 2. The van der Waals surface area contributed by atoms with Crippen molar-refractivity contribution in [3.8, 4) is 5.75 Å². The van der Waals surface area contributed by atoms with Crippen molar-refractivity contribution < 1.29 is 14.3 Å². The summed E-state index contributed by atoms with van der Waals surface area (Å²) < 4.78 is 11.9. The molecule has 0 aliphatic carbocycles. The Labute approximate surface area is 146 Å². The van der Waals surface area contributed by atoms with Gasteiger partial charge in [0, 0.05) is 22.7 Å². The maximum absolute atomic E-state index is 11.8. The van der Waals surface area contributed by atoms with Crippen LogP contribution in [0.25, 0.3) is 4.96 Å². The van der Waals surface area contributed by atoms with Crippen molar-refractivity contribution in [3.05, 3.63) is 62.5 Å². The van der Waals surface area contributed by atoms with E-state index in [-0.39, 0.29) is 18.8 Å². The van der Waals surface area contributed by atoms with Crippen LogP contribution >= 0.6 is 22.9 Å². The first kappa shape index (κ1) is 16.5. The normalized spacial score (nSPS) is 10.8. The smallest absolute Gasteiger partial charge is 0.344 e. The van der Waals surface area contributed by atoms with E-state index in [0.717, 1.165) is 5.56 Å². The number of hydrogen-bond acceptors (Lipinski definition) is 6. The second-order valence-electron chi connectivity index (χ2n) is 5.00. The third-order valence-corrected chi connectivity index (χ3v) is 4.40. The summed E-state index contributed by atoms with van der Waals surface area (Å²) in [6.45, 7) is 1.53. The third kappa shape index (κ3) is 3.74. The van der Waals surface area contributed by atoms with E-state index in [1.807, 2.05) is 6.92 Å². The van der Waals surface area contributed by atoms with Crippen molar-refractivity contribution >= 4 is 33.9 Å². The summed E-state index contributed by atoms with van der Waals surface area (Å²) in [5.74, 6) is -0.0130. The highest BCUT2D eigenvalue weighted by Crippen LogP contribution is 2.21. The Bertz CT molecular complexity index is 951. The minimum atomic E-state index is -0.546. The molecule has 6 nitrogen and oxygen atoms in total. The molecule has 0 atom stereocenters. The van der Waals surface area contributed by atoms with Crippen LogP contribution in [-0.4, -0.2) is 22.0 Å². The van der Waals surface area contributed by atoms with Gasteiger partial charge in [-0.2, -0.15) is 0 Å². The number of aromatic nitrogens is 2. The number of fused-ring (bicyclic) bond motifs is 1. The Morgan fingerprint density at radius 3 is 3.00 bits per heavy atom. The van der Waals surface area contributed by atoms with Crippen molar-refractivity contribution in [2.75, 3.05) is 6.61 Å². The van der Waals surface area contributed by atoms with E-state index in [4.69, 9.17) is 21.1 Å². The predicted octanol–water partition coefficient (Wildman–Crippen LogP) is 2.84. The number of carbonyl (C=O) groups is 1. The number of rotatable bonds is 5. The molecule has 2 heterocycles. The highest BCUT2D eigenvalue weighted by atomic mass is 35.5. The third-order valence-electron chi connectivity index (χ3n) is 3.22. The largest absolute Gasteiger partial charge is 0.482 e. The molecule has 3 aromatic rings. The number of benzene rings is 1. The number of thiazole rings is 1. The van der Waals surface area contributed by atoms with Crippen LogP contribution in [0.2, 0.25) is 5.02 Å². The zero-order valence-electron chi connectivity index (χ0n) is 12.7. The molecule has 124 valence electrons. The molecule has 3 rings (SSSR count). The van der Waals surface area contributed by atoms with E-state index in [9.17, 15) is 9.59 Å². The molecule has 0 bridgehead atoms. The fourth-order valence-corrected chi connectivity index (χ4v) is 2.86. The van der Waals surface area contributed by atoms with Gasteiger partial charge in [-0.1, -0.05) is 11.6 Å². The molecule has 0 fully saturated rings. The van der Waals surface area contributed by atoms with Crippen LogP contribution in [0.5, 0.6) is 5.75 Å². The molecule has 0 aliphatic rings. The van der Waals surface area contributed by atoms with E-state index < -0.39 is 5.97 Å². The molecule has 0 N–H and O–H groups in total. The van der Waals surface area contributed by atoms with Crippen molar-refractivity contribution in [2.45, 2.75) is 13.5 Å². The number of hydrogen-bond donors (Lipinski definition) is 0. The molecule has 8 heteroatoms. The van der Waals surface area contributed by atoms with Crippen LogP contribution in [0, 0.1) is 6.92 Å². The topological polar surface area (TPSA) is 69.9 Å². The van der Waals surface area contributed by atoms with E-state index in [1.54, 1.807) is 29.8 Å². The Kier molecular flexibility index (Phi) is 4.82. The van der Waals surface area contributed by atoms with Crippen LogP contribution in [0.4, 0.5) is 0 Å². The second-order valence-corrected chi connectivity index (χ2v) is 6.28. The minimum Gasteiger partial charge on any atom is -0.482 e. The molecule has 24 heavy (non-hydrogen) atoms. The molecule has 0 radical (unpaired) electrons. The first-order valence-corrected chi connectivity index (χ1v) is 8.29. The van der Waals surface area contributed by atoms with Crippen LogP contribution in [0.3, 0.4) is 0 Å². The highest BCUT2D eigenvalue weighted by Gasteiger charge is 2.08. The molecule has 0 unspecified atom stereocenters. The van der Waals surface area contributed by atoms with Crippen LogP contribution < -0.4 is 10.3 Å². The van der Waals surface area contributed by atoms with Crippen LogP contribution in [-0.2, 0) is 16.1 Å². The summed E-state index contributed by atoms with van der Waals surface area (Å²) >= 11 is 7.26. The summed E-state index contributed by atoms with van der Waals surface area (Å²) in [5.41, 5.74) is 1.05. The monoisotopic (exact) mass is 364 g/mol. The van der Waals surface area contributed by atoms with Gasteiger partial charge in [-0.05, 0) is 30.7 Å². The van der Waals surface area contributed by atoms with Crippen LogP contribution in [0.1, 0.15) is 11.3 Å². The molecule has 2 aromatic heterocycles. The fourth-order valence-electron chi connectivity index (χ4n) is 2.01. The van der Waals surface area contributed by atoms with E-state index in [1.165, 1.54) is 21.8 Å². The summed E-state index contributed by atoms with van der Waals surface area (Å²) in [6.07, 6.45) is 1.65. The lowest BCUT2D eigenvalue weighted by atomic mass is 10.2. The molecule has 0 saturated carbocycles. The van der Waals surface area contributed by atoms with Gasteiger partial charge in [-0.3, -0.25) is 9.20 Å². The number of halogens is 1. The fraction of sp³-hybridized carbons (Fsp3) is 0.188. The minimum absolute atomic E-state index is 0.0779. The predicted molar refractivity (Wildman–Crippen MR) is 90.8 cm³/mol.